The summed E-state index contributed by atoms with van der Waals surface area (Å²) in [6, 6.07) is 11.0. The smallest absolute Gasteiger partial charge is 0.224 e. The summed E-state index contributed by atoms with van der Waals surface area (Å²) in [6.07, 6.45) is 3.36. The number of anilines is 1. The summed E-state index contributed by atoms with van der Waals surface area (Å²) in [4.78, 5) is 8.48. The van der Waals surface area contributed by atoms with Crippen molar-refractivity contribution < 1.29 is 4.74 Å². The van der Waals surface area contributed by atoms with Crippen molar-refractivity contribution in [1.82, 2.24) is 20.2 Å². The van der Waals surface area contributed by atoms with Crippen molar-refractivity contribution in [2.75, 3.05) is 5.32 Å². The fourth-order valence-corrected chi connectivity index (χ4v) is 1.97. The van der Waals surface area contributed by atoms with Crippen LogP contribution in [0.1, 0.15) is 11.3 Å². The number of nitrogens with one attached hydrogen (secondary N) is 1. The lowest BCUT2D eigenvalue weighted by molar-refractivity contribution is 0.454. The van der Waals surface area contributed by atoms with E-state index in [2.05, 4.69) is 25.5 Å². The first-order valence-corrected chi connectivity index (χ1v) is 7.36. The van der Waals surface area contributed by atoms with E-state index in [-0.39, 0.29) is 0 Å². The van der Waals surface area contributed by atoms with Crippen LogP contribution in [-0.4, -0.2) is 20.2 Å². The van der Waals surface area contributed by atoms with Crippen LogP contribution < -0.4 is 10.1 Å². The van der Waals surface area contributed by atoms with E-state index in [0.29, 0.717) is 29.1 Å². The molecule has 7 heteroatoms. The second kappa shape index (κ2) is 7.02. The molecule has 0 saturated heterocycles. The van der Waals surface area contributed by atoms with Crippen molar-refractivity contribution in [1.29, 1.82) is 0 Å². The van der Waals surface area contributed by atoms with Crippen molar-refractivity contribution in [2.45, 2.75) is 13.5 Å². The Morgan fingerprint density at radius 3 is 2.74 bits per heavy atom. The van der Waals surface area contributed by atoms with Gasteiger partial charge in [-0.2, -0.15) is 0 Å². The molecule has 0 atom stereocenters. The minimum absolute atomic E-state index is 0.354. The molecule has 0 aliphatic rings. The number of hydrogen-bond donors (Lipinski definition) is 1. The highest BCUT2D eigenvalue weighted by molar-refractivity contribution is 6.29. The summed E-state index contributed by atoms with van der Waals surface area (Å²) in [7, 11) is 0. The highest BCUT2D eigenvalue weighted by atomic mass is 35.5. The number of aromatic nitrogens is 4. The Labute approximate surface area is 138 Å². The van der Waals surface area contributed by atoms with Crippen LogP contribution in [0, 0.1) is 6.92 Å². The first-order chi connectivity index (χ1) is 11.2. The molecule has 0 radical (unpaired) electrons. The van der Waals surface area contributed by atoms with E-state index in [1.165, 1.54) is 0 Å². The van der Waals surface area contributed by atoms with Crippen molar-refractivity contribution >= 4 is 17.4 Å². The van der Waals surface area contributed by atoms with Gasteiger partial charge in [0, 0.05) is 24.0 Å². The maximum absolute atomic E-state index is 5.80. The standard InChI is InChI=1S/C16H14ClN5O/c1-11-4-5-13(10-19-11)23-16-12(3-2-8-18-16)9-20-15-7-6-14(17)21-22-15/h2-8,10H,9H2,1H3,(H,20,22). The summed E-state index contributed by atoms with van der Waals surface area (Å²) in [6.45, 7) is 2.42. The van der Waals surface area contributed by atoms with E-state index in [0.717, 1.165) is 11.3 Å². The lowest BCUT2D eigenvalue weighted by Crippen LogP contribution is -2.04. The van der Waals surface area contributed by atoms with Crippen LogP contribution in [0.2, 0.25) is 5.15 Å². The van der Waals surface area contributed by atoms with Gasteiger partial charge in [0.2, 0.25) is 5.88 Å². The number of nitrogens with zero attached hydrogens (tertiary/aromatic N) is 4. The monoisotopic (exact) mass is 327 g/mol. The van der Waals surface area contributed by atoms with Crippen molar-refractivity contribution in [2.24, 2.45) is 0 Å². The van der Waals surface area contributed by atoms with Gasteiger partial charge in [-0.15, -0.1) is 10.2 Å². The second-order valence-electron chi connectivity index (χ2n) is 4.80. The highest BCUT2D eigenvalue weighted by Gasteiger charge is 2.07. The zero-order chi connectivity index (χ0) is 16.1. The third kappa shape index (κ3) is 4.14. The molecule has 0 aliphatic carbocycles. The van der Waals surface area contributed by atoms with Gasteiger partial charge in [0.15, 0.2) is 5.15 Å². The molecule has 23 heavy (non-hydrogen) atoms. The molecule has 0 spiro atoms. The molecule has 3 aromatic rings. The van der Waals surface area contributed by atoms with Gasteiger partial charge < -0.3 is 10.1 Å². The molecule has 0 saturated carbocycles. The van der Waals surface area contributed by atoms with E-state index >= 15 is 0 Å². The second-order valence-corrected chi connectivity index (χ2v) is 5.19. The lowest BCUT2D eigenvalue weighted by Gasteiger charge is -2.10. The van der Waals surface area contributed by atoms with Crippen molar-refractivity contribution in [3.8, 4) is 11.6 Å². The van der Waals surface area contributed by atoms with Gasteiger partial charge in [-0.3, -0.25) is 4.98 Å². The third-order valence-electron chi connectivity index (χ3n) is 3.04. The van der Waals surface area contributed by atoms with Crippen LogP contribution in [0.4, 0.5) is 5.82 Å². The molecule has 1 N–H and O–H groups in total. The van der Waals surface area contributed by atoms with Crippen LogP contribution in [0.3, 0.4) is 0 Å². The predicted octanol–water partition coefficient (Wildman–Crippen LogP) is 3.63. The van der Waals surface area contributed by atoms with Crippen LogP contribution in [0.25, 0.3) is 0 Å². The Kier molecular flexibility index (Phi) is 4.63. The van der Waals surface area contributed by atoms with E-state index in [4.69, 9.17) is 16.3 Å². The number of halogens is 1. The molecule has 0 amide bonds. The molecule has 6 nitrogen and oxygen atoms in total. The van der Waals surface area contributed by atoms with E-state index < -0.39 is 0 Å². The maximum Gasteiger partial charge on any atom is 0.224 e. The average molecular weight is 328 g/mol. The minimum Gasteiger partial charge on any atom is -0.437 e. The molecule has 0 unspecified atom stereocenters. The molecule has 0 aliphatic heterocycles. The molecule has 0 fully saturated rings. The van der Waals surface area contributed by atoms with E-state index in [1.807, 2.05) is 31.2 Å². The summed E-state index contributed by atoms with van der Waals surface area (Å²) in [5, 5.41) is 11.3. The molecule has 116 valence electrons. The number of ether oxygens (including phenoxy) is 1. The zero-order valence-electron chi connectivity index (χ0n) is 12.4. The van der Waals surface area contributed by atoms with E-state index in [1.54, 1.807) is 24.5 Å². The topological polar surface area (TPSA) is 72.8 Å². The van der Waals surface area contributed by atoms with Gasteiger partial charge in [0.1, 0.15) is 11.6 Å². The van der Waals surface area contributed by atoms with Crippen LogP contribution in [-0.2, 0) is 6.54 Å². The largest absolute Gasteiger partial charge is 0.437 e. The van der Waals surface area contributed by atoms with Gasteiger partial charge in [-0.1, -0.05) is 17.7 Å². The lowest BCUT2D eigenvalue weighted by atomic mass is 10.2. The van der Waals surface area contributed by atoms with Crippen LogP contribution in [0.5, 0.6) is 11.6 Å². The summed E-state index contributed by atoms with van der Waals surface area (Å²) in [5.41, 5.74) is 1.83. The zero-order valence-corrected chi connectivity index (χ0v) is 13.2. The fourth-order valence-electron chi connectivity index (χ4n) is 1.87. The first-order valence-electron chi connectivity index (χ1n) is 6.98. The summed E-state index contributed by atoms with van der Waals surface area (Å²) < 4.78 is 5.80. The molecule has 0 aromatic carbocycles. The Balaban J connectivity index is 1.72. The number of aryl methyl sites for hydroxylation is 1. The molecular weight excluding hydrogens is 314 g/mol. The average Bonchev–Trinajstić information content (AvgIpc) is 2.58. The van der Waals surface area contributed by atoms with Crippen LogP contribution in [0.15, 0.2) is 48.8 Å². The molecule has 0 bridgehead atoms. The number of rotatable bonds is 5. The number of pyridine rings is 2. The highest BCUT2D eigenvalue weighted by Crippen LogP contribution is 2.23. The van der Waals surface area contributed by atoms with Crippen LogP contribution >= 0.6 is 11.6 Å². The Hall–Kier alpha value is -2.73. The molecule has 3 heterocycles. The minimum atomic E-state index is 0.354. The quantitative estimate of drug-likeness (QED) is 0.771. The van der Waals surface area contributed by atoms with Gasteiger partial charge in [0.25, 0.3) is 0 Å². The maximum atomic E-state index is 5.80. The number of hydrogen-bond acceptors (Lipinski definition) is 6. The van der Waals surface area contributed by atoms with Gasteiger partial charge in [0.05, 0.1) is 6.20 Å². The summed E-state index contributed by atoms with van der Waals surface area (Å²) in [5.74, 6) is 1.79. The Bertz CT molecular complexity index is 777. The summed E-state index contributed by atoms with van der Waals surface area (Å²) >= 11 is 5.72. The molecular formula is C16H14ClN5O. The van der Waals surface area contributed by atoms with Crippen molar-refractivity contribution in [3.63, 3.8) is 0 Å². The Morgan fingerprint density at radius 1 is 1.09 bits per heavy atom. The van der Waals surface area contributed by atoms with Crippen molar-refractivity contribution in [3.05, 3.63) is 65.2 Å². The van der Waals surface area contributed by atoms with E-state index in [9.17, 15) is 0 Å². The molecule has 3 rings (SSSR count). The molecule has 3 aromatic heterocycles. The SMILES string of the molecule is Cc1ccc(Oc2ncccc2CNc2ccc(Cl)nn2)cn1. The van der Waals surface area contributed by atoms with Gasteiger partial charge in [-0.05, 0) is 37.3 Å². The van der Waals surface area contributed by atoms with Gasteiger partial charge in [-0.25, -0.2) is 4.98 Å². The Morgan fingerprint density at radius 2 is 2.00 bits per heavy atom. The predicted molar refractivity (Wildman–Crippen MR) is 87.7 cm³/mol. The fraction of sp³-hybridized carbons (Fsp3) is 0.125. The first kappa shape index (κ1) is 15.2. The normalized spacial score (nSPS) is 10.3. The third-order valence-corrected chi connectivity index (χ3v) is 3.24. The van der Waals surface area contributed by atoms with Gasteiger partial charge >= 0.3 is 0 Å².